The number of aliphatic hydroxyl groups excluding tert-OH is 1. The summed E-state index contributed by atoms with van der Waals surface area (Å²) < 4.78 is 0. The van der Waals surface area contributed by atoms with Crippen LogP contribution in [0.3, 0.4) is 0 Å². The molecule has 0 saturated heterocycles. The van der Waals surface area contributed by atoms with E-state index in [1.807, 2.05) is 6.92 Å². The molecule has 0 saturated carbocycles. The largest absolute Gasteiger partial charge is 0.391 e. The molecule has 1 atom stereocenters. The second kappa shape index (κ2) is 5.01. The van der Waals surface area contributed by atoms with Crippen LogP contribution in [-0.4, -0.2) is 17.8 Å². The van der Waals surface area contributed by atoms with E-state index >= 15 is 0 Å². The molecule has 1 unspecified atom stereocenters. The molecule has 0 spiro atoms. The molecule has 0 aliphatic heterocycles. The van der Waals surface area contributed by atoms with Crippen LogP contribution in [0.15, 0.2) is 18.2 Å². The van der Waals surface area contributed by atoms with Crippen LogP contribution in [-0.2, 0) is 0 Å². The summed E-state index contributed by atoms with van der Waals surface area (Å²) in [6.45, 7) is 6.75. The third-order valence-corrected chi connectivity index (χ3v) is 2.39. The Hall–Kier alpha value is -1.02. The Morgan fingerprint density at radius 3 is 2.71 bits per heavy atom. The van der Waals surface area contributed by atoms with Crippen molar-refractivity contribution in [1.82, 2.24) is 0 Å². The summed E-state index contributed by atoms with van der Waals surface area (Å²) >= 11 is 0. The highest BCUT2D eigenvalue weighted by Crippen LogP contribution is 2.16. The molecule has 0 aromatic heterocycles. The van der Waals surface area contributed by atoms with Crippen molar-refractivity contribution in [2.45, 2.75) is 33.3 Å². The molecule has 0 heterocycles. The lowest BCUT2D eigenvalue weighted by Crippen LogP contribution is -2.18. The second-order valence-corrected chi connectivity index (χ2v) is 3.76. The standard InChI is InChI=1S/C12H19NO/c1-4-11(14)8-13-12-7-9(2)5-6-10(12)3/h5-7,11,13-14H,4,8H2,1-3H3. The summed E-state index contributed by atoms with van der Waals surface area (Å²) in [6, 6.07) is 6.30. The van der Waals surface area contributed by atoms with Crippen molar-refractivity contribution in [1.29, 1.82) is 0 Å². The van der Waals surface area contributed by atoms with E-state index in [0.29, 0.717) is 6.54 Å². The first-order valence-electron chi connectivity index (χ1n) is 5.12. The molecule has 1 aromatic rings. The first kappa shape index (κ1) is 11.1. The van der Waals surface area contributed by atoms with Crippen LogP contribution in [0.5, 0.6) is 0 Å². The monoisotopic (exact) mass is 193 g/mol. The predicted octanol–water partition coefficient (Wildman–Crippen LogP) is 2.49. The number of benzene rings is 1. The molecule has 0 bridgehead atoms. The zero-order valence-corrected chi connectivity index (χ0v) is 9.17. The van der Waals surface area contributed by atoms with Crippen LogP contribution in [0.4, 0.5) is 5.69 Å². The van der Waals surface area contributed by atoms with Gasteiger partial charge in [0.05, 0.1) is 6.10 Å². The van der Waals surface area contributed by atoms with E-state index in [2.05, 4.69) is 37.4 Å². The lowest BCUT2D eigenvalue weighted by Gasteiger charge is -2.13. The maximum atomic E-state index is 9.42. The number of aryl methyl sites for hydroxylation is 2. The molecular formula is C12H19NO. The third-order valence-electron chi connectivity index (χ3n) is 2.39. The molecule has 0 amide bonds. The molecule has 0 fully saturated rings. The van der Waals surface area contributed by atoms with Gasteiger partial charge >= 0.3 is 0 Å². The van der Waals surface area contributed by atoms with E-state index < -0.39 is 0 Å². The lowest BCUT2D eigenvalue weighted by molar-refractivity contribution is 0.183. The predicted molar refractivity (Wildman–Crippen MR) is 60.7 cm³/mol. The van der Waals surface area contributed by atoms with Gasteiger partial charge in [0.15, 0.2) is 0 Å². The third kappa shape index (κ3) is 3.04. The number of rotatable bonds is 4. The van der Waals surface area contributed by atoms with Gasteiger partial charge in [-0.25, -0.2) is 0 Å². The van der Waals surface area contributed by atoms with Crippen LogP contribution < -0.4 is 5.32 Å². The van der Waals surface area contributed by atoms with Gasteiger partial charge in [0.25, 0.3) is 0 Å². The highest BCUT2D eigenvalue weighted by molar-refractivity contribution is 5.52. The van der Waals surface area contributed by atoms with E-state index in [1.54, 1.807) is 0 Å². The Morgan fingerprint density at radius 1 is 1.36 bits per heavy atom. The number of nitrogens with one attached hydrogen (secondary N) is 1. The molecule has 2 nitrogen and oxygen atoms in total. The fourth-order valence-electron chi connectivity index (χ4n) is 1.30. The minimum Gasteiger partial charge on any atom is -0.391 e. The van der Waals surface area contributed by atoms with Crippen LogP contribution in [0.1, 0.15) is 24.5 Å². The molecule has 78 valence electrons. The van der Waals surface area contributed by atoms with Crippen LogP contribution in [0.2, 0.25) is 0 Å². The van der Waals surface area contributed by atoms with Crippen LogP contribution >= 0.6 is 0 Å². The minimum absolute atomic E-state index is 0.255. The van der Waals surface area contributed by atoms with Crippen molar-refractivity contribution in [2.24, 2.45) is 0 Å². The Kier molecular flexibility index (Phi) is 3.96. The molecule has 2 N–H and O–H groups in total. The van der Waals surface area contributed by atoms with Gasteiger partial charge in [0, 0.05) is 12.2 Å². The summed E-state index contributed by atoms with van der Waals surface area (Å²) in [5.74, 6) is 0. The Balaban J connectivity index is 2.62. The maximum Gasteiger partial charge on any atom is 0.0709 e. The van der Waals surface area contributed by atoms with E-state index in [9.17, 15) is 5.11 Å². The summed E-state index contributed by atoms with van der Waals surface area (Å²) in [7, 11) is 0. The minimum atomic E-state index is -0.255. The first-order chi connectivity index (χ1) is 6.63. The van der Waals surface area contributed by atoms with Gasteiger partial charge in [0.2, 0.25) is 0 Å². The number of anilines is 1. The maximum absolute atomic E-state index is 9.42. The van der Waals surface area contributed by atoms with Gasteiger partial charge in [-0.1, -0.05) is 19.1 Å². The quantitative estimate of drug-likeness (QED) is 0.770. The fourth-order valence-corrected chi connectivity index (χ4v) is 1.30. The fraction of sp³-hybridized carbons (Fsp3) is 0.500. The van der Waals surface area contributed by atoms with E-state index in [4.69, 9.17) is 0 Å². The van der Waals surface area contributed by atoms with Crippen LogP contribution in [0, 0.1) is 13.8 Å². The molecule has 0 aliphatic rings. The molecule has 2 heteroatoms. The molecule has 1 rings (SSSR count). The zero-order chi connectivity index (χ0) is 10.6. The van der Waals surface area contributed by atoms with Gasteiger partial charge in [0.1, 0.15) is 0 Å². The Labute approximate surface area is 86.0 Å². The highest BCUT2D eigenvalue weighted by Gasteiger charge is 2.02. The van der Waals surface area contributed by atoms with Gasteiger partial charge in [-0.3, -0.25) is 0 Å². The van der Waals surface area contributed by atoms with E-state index in [1.165, 1.54) is 11.1 Å². The summed E-state index contributed by atoms with van der Waals surface area (Å²) in [5, 5.41) is 12.7. The highest BCUT2D eigenvalue weighted by atomic mass is 16.3. The number of hydrogen-bond acceptors (Lipinski definition) is 2. The van der Waals surface area contributed by atoms with Crippen molar-refractivity contribution in [3.63, 3.8) is 0 Å². The average molecular weight is 193 g/mol. The van der Waals surface area contributed by atoms with E-state index in [-0.39, 0.29) is 6.10 Å². The van der Waals surface area contributed by atoms with Gasteiger partial charge in [-0.2, -0.15) is 0 Å². The van der Waals surface area contributed by atoms with Gasteiger partial charge in [-0.05, 0) is 37.5 Å². The van der Waals surface area contributed by atoms with Crippen molar-refractivity contribution in [3.05, 3.63) is 29.3 Å². The van der Waals surface area contributed by atoms with Gasteiger partial charge in [-0.15, -0.1) is 0 Å². The summed E-state index contributed by atoms with van der Waals surface area (Å²) in [4.78, 5) is 0. The molecule has 0 aliphatic carbocycles. The average Bonchev–Trinajstić information content (AvgIpc) is 2.19. The molecule has 1 aromatic carbocycles. The van der Waals surface area contributed by atoms with Crippen molar-refractivity contribution >= 4 is 5.69 Å². The topological polar surface area (TPSA) is 32.3 Å². The van der Waals surface area contributed by atoms with E-state index in [0.717, 1.165) is 12.1 Å². The first-order valence-corrected chi connectivity index (χ1v) is 5.12. The number of aliphatic hydroxyl groups is 1. The smallest absolute Gasteiger partial charge is 0.0709 e. The molecular weight excluding hydrogens is 174 g/mol. The lowest BCUT2D eigenvalue weighted by atomic mass is 10.1. The van der Waals surface area contributed by atoms with Gasteiger partial charge < -0.3 is 10.4 Å². The molecule has 14 heavy (non-hydrogen) atoms. The molecule has 0 radical (unpaired) electrons. The van der Waals surface area contributed by atoms with Crippen molar-refractivity contribution < 1.29 is 5.11 Å². The summed E-state index contributed by atoms with van der Waals surface area (Å²) in [6.07, 6.45) is 0.535. The number of hydrogen-bond donors (Lipinski definition) is 2. The SMILES string of the molecule is CCC(O)CNc1cc(C)ccc1C. The second-order valence-electron chi connectivity index (χ2n) is 3.76. The normalized spacial score (nSPS) is 12.6. The van der Waals surface area contributed by atoms with Crippen LogP contribution in [0.25, 0.3) is 0 Å². The van der Waals surface area contributed by atoms with Crippen molar-refractivity contribution in [3.8, 4) is 0 Å². The zero-order valence-electron chi connectivity index (χ0n) is 9.17. The Bertz CT molecular complexity index is 296. The summed E-state index contributed by atoms with van der Waals surface area (Å²) in [5.41, 5.74) is 3.58. The van der Waals surface area contributed by atoms with Crippen molar-refractivity contribution in [2.75, 3.05) is 11.9 Å². The Morgan fingerprint density at radius 2 is 2.07 bits per heavy atom.